The minimum Gasteiger partial charge on any atom is -0.486 e. The zero-order valence-electron chi connectivity index (χ0n) is 10.9. The van der Waals surface area contributed by atoms with Crippen LogP contribution in [0.5, 0.6) is 11.5 Å². The van der Waals surface area contributed by atoms with Gasteiger partial charge in [0.05, 0.1) is 0 Å². The standard InChI is InChI=1S/C14H19NO3/c1-9(3-4-15)14(16)11-8-13-12(7-10(11)2)17-5-6-18-13/h7-9H,3-6,15H2,1-2H3. The second kappa shape index (κ2) is 5.40. The number of aryl methyl sites for hydroxylation is 1. The smallest absolute Gasteiger partial charge is 0.166 e. The van der Waals surface area contributed by atoms with Crippen molar-refractivity contribution in [2.45, 2.75) is 20.3 Å². The van der Waals surface area contributed by atoms with Gasteiger partial charge in [-0.3, -0.25) is 4.79 Å². The fourth-order valence-corrected chi connectivity index (χ4v) is 2.10. The van der Waals surface area contributed by atoms with E-state index in [-0.39, 0.29) is 11.7 Å². The summed E-state index contributed by atoms with van der Waals surface area (Å²) in [7, 11) is 0. The molecule has 1 heterocycles. The molecule has 2 rings (SSSR count). The van der Waals surface area contributed by atoms with E-state index in [1.807, 2.05) is 19.9 Å². The molecule has 1 aromatic carbocycles. The Morgan fingerprint density at radius 2 is 1.94 bits per heavy atom. The van der Waals surface area contributed by atoms with Crippen molar-refractivity contribution in [1.29, 1.82) is 0 Å². The van der Waals surface area contributed by atoms with Crippen LogP contribution in [0.3, 0.4) is 0 Å². The molecule has 98 valence electrons. The van der Waals surface area contributed by atoms with E-state index >= 15 is 0 Å². The Balaban J connectivity index is 2.30. The molecule has 0 aliphatic carbocycles. The lowest BCUT2D eigenvalue weighted by molar-refractivity contribution is 0.0923. The van der Waals surface area contributed by atoms with Gasteiger partial charge >= 0.3 is 0 Å². The number of Topliss-reactive ketones (excluding diaryl/α,β-unsaturated/α-hetero) is 1. The van der Waals surface area contributed by atoms with E-state index in [9.17, 15) is 4.79 Å². The molecule has 0 radical (unpaired) electrons. The number of ether oxygens (including phenoxy) is 2. The SMILES string of the molecule is Cc1cc2c(cc1C(=O)C(C)CCN)OCCO2. The maximum atomic E-state index is 12.3. The maximum Gasteiger partial charge on any atom is 0.166 e. The molecule has 0 saturated carbocycles. The number of hydrogen-bond donors (Lipinski definition) is 1. The molecule has 0 saturated heterocycles. The van der Waals surface area contributed by atoms with Gasteiger partial charge in [-0.1, -0.05) is 6.92 Å². The van der Waals surface area contributed by atoms with Gasteiger partial charge in [0, 0.05) is 11.5 Å². The Hall–Kier alpha value is -1.55. The highest BCUT2D eigenvalue weighted by Gasteiger charge is 2.21. The third kappa shape index (κ3) is 2.48. The number of carbonyl (C=O) groups excluding carboxylic acids is 1. The quantitative estimate of drug-likeness (QED) is 0.828. The molecule has 4 nitrogen and oxygen atoms in total. The maximum absolute atomic E-state index is 12.3. The molecule has 18 heavy (non-hydrogen) atoms. The molecule has 1 atom stereocenters. The molecule has 0 bridgehead atoms. The third-order valence-corrected chi connectivity index (χ3v) is 3.20. The van der Waals surface area contributed by atoms with Gasteiger partial charge in [-0.2, -0.15) is 0 Å². The van der Waals surface area contributed by atoms with Gasteiger partial charge in [-0.25, -0.2) is 0 Å². The Morgan fingerprint density at radius 3 is 2.56 bits per heavy atom. The molecule has 0 fully saturated rings. The highest BCUT2D eigenvalue weighted by atomic mass is 16.6. The van der Waals surface area contributed by atoms with Gasteiger partial charge in [0.1, 0.15) is 13.2 Å². The molecule has 1 aliphatic heterocycles. The molecule has 1 aromatic rings. The summed E-state index contributed by atoms with van der Waals surface area (Å²) in [6, 6.07) is 3.66. The first-order valence-corrected chi connectivity index (χ1v) is 6.28. The second-order valence-electron chi connectivity index (χ2n) is 4.65. The van der Waals surface area contributed by atoms with Crippen molar-refractivity contribution in [3.05, 3.63) is 23.3 Å². The van der Waals surface area contributed by atoms with E-state index in [0.29, 0.717) is 37.5 Å². The first kappa shape index (κ1) is 12.9. The van der Waals surface area contributed by atoms with E-state index in [0.717, 1.165) is 11.3 Å². The lowest BCUT2D eigenvalue weighted by Crippen LogP contribution is -2.19. The summed E-state index contributed by atoms with van der Waals surface area (Å²) >= 11 is 0. The van der Waals surface area contributed by atoms with Gasteiger partial charge in [-0.15, -0.1) is 0 Å². The van der Waals surface area contributed by atoms with Crippen LogP contribution in [0.4, 0.5) is 0 Å². The van der Waals surface area contributed by atoms with Gasteiger partial charge in [-0.05, 0) is 37.6 Å². The van der Waals surface area contributed by atoms with Crippen LogP contribution in [0.2, 0.25) is 0 Å². The fraction of sp³-hybridized carbons (Fsp3) is 0.500. The predicted molar refractivity (Wildman–Crippen MR) is 69.3 cm³/mol. The number of nitrogens with two attached hydrogens (primary N) is 1. The normalized spacial score (nSPS) is 15.3. The molecule has 1 aliphatic rings. The first-order valence-electron chi connectivity index (χ1n) is 6.28. The average Bonchev–Trinajstić information content (AvgIpc) is 2.37. The Labute approximate surface area is 107 Å². The lowest BCUT2D eigenvalue weighted by Gasteiger charge is -2.20. The summed E-state index contributed by atoms with van der Waals surface area (Å²) in [5, 5.41) is 0. The van der Waals surface area contributed by atoms with E-state index in [1.54, 1.807) is 6.07 Å². The van der Waals surface area contributed by atoms with E-state index in [1.165, 1.54) is 0 Å². The molecule has 1 unspecified atom stereocenters. The first-order chi connectivity index (χ1) is 8.63. The zero-order valence-corrected chi connectivity index (χ0v) is 10.9. The molecule has 0 aromatic heterocycles. The lowest BCUT2D eigenvalue weighted by atomic mass is 9.93. The summed E-state index contributed by atoms with van der Waals surface area (Å²) in [4.78, 5) is 12.3. The van der Waals surface area contributed by atoms with Crippen molar-refractivity contribution in [2.75, 3.05) is 19.8 Å². The van der Waals surface area contributed by atoms with Crippen molar-refractivity contribution >= 4 is 5.78 Å². The summed E-state index contributed by atoms with van der Waals surface area (Å²) in [5.41, 5.74) is 7.13. The second-order valence-corrected chi connectivity index (χ2v) is 4.65. The molecule has 0 amide bonds. The van der Waals surface area contributed by atoms with Crippen LogP contribution in [0.25, 0.3) is 0 Å². The van der Waals surface area contributed by atoms with Crippen LogP contribution in [0.15, 0.2) is 12.1 Å². The summed E-state index contributed by atoms with van der Waals surface area (Å²) < 4.78 is 11.0. The number of ketones is 1. The molecule has 2 N–H and O–H groups in total. The molecular formula is C14H19NO3. The van der Waals surface area contributed by atoms with E-state index in [4.69, 9.17) is 15.2 Å². The minimum atomic E-state index is -0.0590. The molecule has 0 spiro atoms. The minimum absolute atomic E-state index is 0.0590. The van der Waals surface area contributed by atoms with Crippen molar-refractivity contribution in [2.24, 2.45) is 11.7 Å². The zero-order chi connectivity index (χ0) is 13.1. The molecular weight excluding hydrogens is 230 g/mol. The molecule has 4 heteroatoms. The average molecular weight is 249 g/mol. The van der Waals surface area contributed by atoms with Crippen LogP contribution in [-0.4, -0.2) is 25.5 Å². The predicted octanol–water partition coefficient (Wildman–Crippen LogP) is 1.93. The van der Waals surface area contributed by atoms with Crippen molar-refractivity contribution in [3.8, 4) is 11.5 Å². The van der Waals surface area contributed by atoms with E-state index < -0.39 is 0 Å². The topological polar surface area (TPSA) is 61.6 Å². The monoisotopic (exact) mass is 249 g/mol. The van der Waals surface area contributed by atoms with Gasteiger partial charge in [0.15, 0.2) is 17.3 Å². The van der Waals surface area contributed by atoms with Crippen molar-refractivity contribution in [3.63, 3.8) is 0 Å². The van der Waals surface area contributed by atoms with Crippen LogP contribution < -0.4 is 15.2 Å². The Morgan fingerprint density at radius 1 is 1.33 bits per heavy atom. The van der Waals surface area contributed by atoms with Crippen molar-refractivity contribution < 1.29 is 14.3 Å². The highest BCUT2D eigenvalue weighted by Crippen LogP contribution is 2.33. The number of benzene rings is 1. The summed E-state index contributed by atoms with van der Waals surface area (Å²) in [5.74, 6) is 1.45. The Bertz CT molecular complexity index is 457. The van der Waals surface area contributed by atoms with Crippen LogP contribution >= 0.6 is 0 Å². The highest BCUT2D eigenvalue weighted by molar-refractivity contribution is 5.99. The summed E-state index contributed by atoms with van der Waals surface area (Å²) in [6.45, 7) is 5.44. The van der Waals surface area contributed by atoms with Crippen LogP contribution in [0.1, 0.15) is 29.3 Å². The van der Waals surface area contributed by atoms with Crippen LogP contribution in [0, 0.1) is 12.8 Å². The Kier molecular flexibility index (Phi) is 3.87. The largest absolute Gasteiger partial charge is 0.486 e. The van der Waals surface area contributed by atoms with Crippen LogP contribution in [-0.2, 0) is 0 Å². The van der Waals surface area contributed by atoms with Gasteiger partial charge in [0.2, 0.25) is 0 Å². The number of hydrogen-bond acceptors (Lipinski definition) is 4. The number of fused-ring (bicyclic) bond motifs is 1. The third-order valence-electron chi connectivity index (χ3n) is 3.20. The number of carbonyl (C=O) groups is 1. The van der Waals surface area contributed by atoms with Gasteiger partial charge in [0.25, 0.3) is 0 Å². The number of rotatable bonds is 4. The summed E-state index contributed by atoms with van der Waals surface area (Å²) in [6.07, 6.45) is 0.701. The van der Waals surface area contributed by atoms with E-state index in [2.05, 4.69) is 0 Å². The van der Waals surface area contributed by atoms with Gasteiger partial charge < -0.3 is 15.2 Å². The van der Waals surface area contributed by atoms with Crippen molar-refractivity contribution in [1.82, 2.24) is 0 Å². The fourth-order valence-electron chi connectivity index (χ4n) is 2.10.